The van der Waals surface area contributed by atoms with Crippen LogP contribution in [0.1, 0.15) is 18.0 Å². The van der Waals surface area contributed by atoms with E-state index in [2.05, 4.69) is 15.2 Å². The summed E-state index contributed by atoms with van der Waals surface area (Å²) in [5.41, 5.74) is 6.43. The molecule has 1 aliphatic rings. The zero-order valence-electron chi connectivity index (χ0n) is 19.4. The molecule has 3 aromatic heterocycles. The highest BCUT2D eigenvalue weighted by Crippen LogP contribution is 2.39. The quantitative estimate of drug-likeness (QED) is 0.303. The minimum Gasteiger partial charge on any atom is -0.491 e. The fourth-order valence-electron chi connectivity index (χ4n) is 4.50. The number of hydrogen-bond acceptors (Lipinski definition) is 7. The van der Waals surface area contributed by atoms with Crippen LogP contribution in [0.15, 0.2) is 42.6 Å². The molecule has 0 spiro atoms. The van der Waals surface area contributed by atoms with Crippen LogP contribution in [0.25, 0.3) is 28.1 Å². The average molecular weight is 504 g/mol. The van der Waals surface area contributed by atoms with Gasteiger partial charge in [-0.15, -0.1) is 10.2 Å². The molecule has 190 valence electrons. The number of pyridine rings is 2. The van der Waals surface area contributed by atoms with Crippen molar-refractivity contribution in [1.29, 1.82) is 0 Å². The number of nitrogens with two attached hydrogens (primary N) is 1. The molecule has 36 heavy (non-hydrogen) atoms. The van der Waals surface area contributed by atoms with E-state index in [-0.39, 0.29) is 41.9 Å². The van der Waals surface area contributed by atoms with E-state index in [1.54, 1.807) is 25.3 Å². The standard InChI is InChI=1S/C24H24F4N6O2/c1-35-8-9-36-17-4-2-14-10-18(25)21(30-19(14)11-17)23-32-31-20-5-3-15(12-34(20)23)22(24(26,27)28)33-7-6-16(29)13-33/h2-5,10-12,16,22H,6-9,13,29H2,1H3/t16-,22+/m0/s1. The molecular weight excluding hydrogens is 480 g/mol. The molecule has 2 N–H and O–H groups in total. The normalized spacial score (nSPS) is 17.8. The van der Waals surface area contributed by atoms with Crippen LogP contribution in [0.4, 0.5) is 17.6 Å². The Kier molecular flexibility index (Phi) is 6.49. The first-order chi connectivity index (χ1) is 17.2. The van der Waals surface area contributed by atoms with Crippen LogP contribution in [0, 0.1) is 5.82 Å². The smallest absolute Gasteiger partial charge is 0.408 e. The highest BCUT2D eigenvalue weighted by molar-refractivity contribution is 5.82. The molecule has 1 aliphatic heterocycles. The molecular formula is C24H24F4N6O2. The van der Waals surface area contributed by atoms with Crippen LogP contribution in [0.5, 0.6) is 5.75 Å². The zero-order chi connectivity index (χ0) is 25.4. The van der Waals surface area contributed by atoms with E-state index in [0.29, 0.717) is 36.3 Å². The van der Waals surface area contributed by atoms with Crippen LogP contribution >= 0.6 is 0 Å². The summed E-state index contributed by atoms with van der Waals surface area (Å²) in [6.07, 6.45) is -2.75. The first-order valence-electron chi connectivity index (χ1n) is 11.4. The number of methoxy groups -OCH3 is 1. The van der Waals surface area contributed by atoms with Gasteiger partial charge >= 0.3 is 6.18 Å². The van der Waals surface area contributed by atoms with Gasteiger partial charge in [0.1, 0.15) is 24.1 Å². The zero-order valence-corrected chi connectivity index (χ0v) is 19.4. The van der Waals surface area contributed by atoms with E-state index < -0.39 is 18.0 Å². The summed E-state index contributed by atoms with van der Waals surface area (Å²) < 4.78 is 69.3. The fourth-order valence-corrected chi connectivity index (χ4v) is 4.50. The van der Waals surface area contributed by atoms with E-state index >= 15 is 4.39 Å². The third kappa shape index (κ3) is 4.71. The Balaban J connectivity index is 1.56. The van der Waals surface area contributed by atoms with Gasteiger partial charge in [0.05, 0.1) is 12.1 Å². The molecule has 0 aliphatic carbocycles. The highest BCUT2D eigenvalue weighted by atomic mass is 19.4. The number of rotatable bonds is 7. The summed E-state index contributed by atoms with van der Waals surface area (Å²) in [4.78, 5) is 5.72. The SMILES string of the molecule is COCCOc1ccc2cc(F)c(-c3nnc4ccc([C@@H](N5CC[C@H](N)C5)C(F)(F)F)cn34)nc2c1. The van der Waals surface area contributed by atoms with Gasteiger partial charge in [0.25, 0.3) is 0 Å². The molecule has 0 saturated carbocycles. The van der Waals surface area contributed by atoms with Crippen molar-refractivity contribution in [3.63, 3.8) is 0 Å². The van der Waals surface area contributed by atoms with Crippen molar-refractivity contribution in [2.75, 3.05) is 33.4 Å². The average Bonchev–Trinajstić information content (AvgIpc) is 3.44. The molecule has 5 rings (SSSR count). The summed E-state index contributed by atoms with van der Waals surface area (Å²) in [7, 11) is 1.56. The number of likely N-dealkylation sites (tertiary alicyclic amines) is 1. The first kappa shape index (κ1) is 24.3. The third-order valence-corrected chi connectivity index (χ3v) is 6.18. The number of benzene rings is 1. The minimum absolute atomic E-state index is 0.00370. The molecule has 4 heterocycles. The van der Waals surface area contributed by atoms with Crippen molar-refractivity contribution >= 4 is 16.6 Å². The largest absolute Gasteiger partial charge is 0.491 e. The van der Waals surface area contributed by atoms with Gasteiger partial charge in [0, 0.05) is 43.9 Å². The number of ether oxygens (including phenoxy) is 2. The lowest BCUT2D eigenvalue weighted by Gasteiger charge is -2.30. The summed E-state index contributed by atoms with van der Waals surface area (Å²) in [6.45, 7) is 1.09. The van der Waals surface area contributed by atoms with Gasteiger partial charge in [0.2, 0.25) is 0 Å². The van der Waals surface area contributed by atoms with Crippen molar-refractivity contribution in [1.82, 2.24) is 24.5 Å². The van der Waals surface area contributed by atoms with Gasteiger partial charge in [-0.3, -0.25) is 9.30 Å². The number of fused-ring (bicyclic) bond motifs is 2. The Morgan fingerprint density at radius 1 is 1.14 bits per heavy atom. The summed E-state index contributed by atoms with van der Waals surface area (Å²) in [5.74, 6) is -0.154. The maximum atomic E-state index is 15.1. The molecule has 0 unspecified atom stereocenters. The Labute approximate surface area is 203 Å². The van der Waals surface area contributed by atoms with Crippen LogP contribution in [-0.4, -0.2) is 70.1 Å². The van der Waals surface area contributed by atoms with E-state index in [1.165, 1.54) is 33.7 Å². The number of nitrogens with zero attached hydrogens (tertiary/aromatic N) is 5. The molecule has 2 atom stereocenters. The first-order valence-corrected chi connectivity index (χ1v) is 11.4. The lowest BCUT2D eigenvalue weighted by Crippen LogP contribution is -2.38. The Bertz CT molecular complexity index is 1390. The summed E-state index contributed by atoms with van der Waals surface area (Å²) in [5, 5.41) is 8.58. The summed E-state index contributed by atoms with van der Waals surface area (Å²) in [6, 6.07) is 6.94. The second-order valence-corrected chi connectivity index (χ2v) is 8.72. The number of aromatic nitrogens is 4. The monoisotopic (exact) mass is 504 g/mol. The molecule has 1 aromatic carbocycles. The molecule has 0 bridgehead atoms. The molecule has 8 nitrogen and oxygen atoms in total. The number of halogens is 4. The summed E-state index contributed by atoms with van der Waals surface area (Å²) >= 11 is 0. The predicted molar refractivity (Wildman–Crippen MR) is 124 cm³/mol. The van der Waals surface area contributed by atoms with Crippen molar-refractivity contribution in [2.24, 2.45) is 5.73 Å². The molecule has 1 saturated heterocycles. The van der Waals surface area contributed by atoms with E-state index in [9.17, 15) is 13.2 Å². The van der Waals surface area contributed by atoms with Crippen molar-refractivity contribution in [3.8, 4) is 17.3 Å². The lowest BCUT2D eigenvalue weighted by atomic mass is 10.1. The number of hydrogen-bond donors (Lipinski definition) is 1. The second kappa shape index (κ2) is 9.60. The highest BCUT2D eigenvalue weighted by Gasteiger charge is 2.46. The van der Waals surface area contributed by atoms with Crippen molar-refractivity contribution in [3.05, 3.63) is 54.0 Å². The Hall–Kier alpha value is -3.35. The van der Waals surface area contributed by atoms with Gasteiger partial charge < -0.3 is 15.2 Å². The van der Waals surface area contributed by atoms with Gasteiger partial charge in [0.15, 0.2) is 17.3 Å². The molecule has 4 aromatic rings. The predicted octanol–water partition coefficient (Wildman–Crippen LogP) is 3.75. The number of alkyl halides is 3. The minimum atomic E-state index is -4.53. The lowest BCUT2D eigenvalue weighted by molar-refractivity contribution is -0.183. The van der Waals surface area contributed by atoms with Crippen molar-refractivity contribution in [2.45, 2.75) is 24.7 Å². The van der Waals surface area contributed by atoms with Gasteiger partial charge in [-0.2, -0.15) is 13.2 Å². The van der Waals surface area contributed by atoms with Gasteiger partial charge in [-0.05, 0) is 36.2 Å². The fraction of sp³-hybridized carbons (Fsp3) is 0.375. The van der Waals surface area contributed by atoms with Crippen LogP contribution < -0.4 is 10.5 Å². The van der Waals surface area contributed by atoms with E-state index in [1.807, 2.05) is 0 Å². The topological polar surface area (TPSA) is 90.8 Å². The molecule has 0 amide bonds. The van der Waals surface area contributed by atoms with Crippen LogP contribution in [-0.2, 0) is 4.74 Å². The van der Waals surface area contributed by atoms with Gasteiger partial charge in [-0.1, -0.05) is 6.07 Å². The maximum absolute atomic E-state index is 15.1. The van der Waals surface area contributed by atoms with Crippen LogP contribution in [0.2, 0.25) is 0 Å². The Morgan fingerprint density at radius 2 is 1.97 bits per heavy atom. The van der Waals surface area contributed by atoms with Gasteiger partial charge in [-0.25, -0.2) is 9.37 Å². The van der Waals surface area contributed by atoms with E-state index in [0.717, 1.165) is 0 Å². The Morgan fingerprint density at radius 3 is 2.69 bits per heavy atom. The third-order valence-electron chi connectivity index (χ3n) is 6.18. The van der Waals surface area contributed by atoms with Crippen LogP contribution in [0.3, 0.4) is 0 Å². The van der Waals surface area contributed by atoms with Crippen molar-refractivity contribution < 1.29 is 27.0 Å². The molecule has 1 fully saturated rings. The molecule has 12 heteroatoms. The molecule has 0 radical (unpaired) electrons. The second-order valence-electron chi connectivity index (χ2n) is 8.72. The maximum Gasteiger partial charge on any atom is 0.408 e. The van der Waals surface area contributed by atoms with E-state index in [4.69, 9.17) is 15.2 Å².